The predicted octanol–water partition coefficient (Wildman–Crippen LogP) is 4.09. The highest BCUT2D eigenvalue weighted by atomic mass is 16.5. The molecule has 0 fully saturated rings. The molecule has 0 radical (unpaired) electrons. The lowest BCUT2D eigenvalue weighted by molar-refractivity contribution is 0.0656. The fourth-order valence-electron chi connectivity index (χ4n) is 4.43. The third-order valence-electron chi connectivity index (χ3n) is 6.21. The molecule has 3 amide bonds. The summed E-state index contributed by atoms with van der Waals surface area (Å²) in [7, 11) is 0. The van der Waals surface area contributed by atoms with Crippen LogP contribution in [0.4, 0.5) is 0 Å². The van der Waals surface area contributed by atoms with Crippen molar-refractivity contribution in [2.75, 3.05) is 13.2 Å². The quantitative estimate of drug-likeness (QED) is 0.607. The SMILES string of the molecule is Cc1ccc2c(c1)C(NC(=O)c1ccc3c(c1)C(=O)N(CCc1ccccc1)C3=O)CCO2. The van der Waals surface area contributed by atoms with Crippen LogP contribution in [0.5, 0.6) is 5.75 Å². The van der Waals surface area contributed by atoms with Gasteiger partial charge in [-0.05, 0) is 43.2 Å². The maximum atomic E-state index is 13.0. The highest BCUT2D eigenvalue weighted by molar-refractivity contribution is 6.22. The third kappa shape index (κ3) is 4.00. The van der Waals surface area contributed by atoms with Crippen LogP contribution >= 0.6 is 0 Å². The summed E-state index contributed by atoms with van der Waals surface area (Å²) in [6.07, 6.45) is 1.25. The van der Waals surface area contributed by atoms with Gasteiger partial charge in [0.05, 0.1) is 23.8 Å². The number of rotatable bonds is 5. The topological polar surface area (TPSA) is 75.7 Å². The molecule has 0 saturated carbocycles. The molecule has 6 nitrogen and oxygen atoms in total. The Kier molecular flexibility index (Phi) is 5.42. The number of carbonyl (C=O) groups excluding carboxylic acids is 3. The number of hydrogen-bond donors (Lipinski definition) is 1. The van der Waals surface area contributed by atoms with Gasteiger partial charge in [0.15, 0.2) is 0 Å². The van der Waals surface area contributed by atoms with Crippen molar-refractivity contribution in [1.29, 1.82) is 0 Å². The van der Waals surface area contributed by atoms with E-state index in [1.165, 1.54) is 11.0 Å². The molecule has 2 heterocycles. The summed E-state index contributed by atoms with van der Waals surface area (Å²) >= 11 is 0. The highest BCUT2D eigenvalue weighted by Gasteiger charge is 2.36. The largest absolute Gasteiger partial charge is 0.493 e. The molecule has 1 atom stereocenters. The zero-order chi connectivity index (χ0) is 22.9. The van der Waals surface area contributed by atoms with E-state index in [2.05, 4.69) is 5.32 Å². The van der Waals surface area contributed by atoms with Crippen LogP contribution in [0.1, 0.15) is 60.2 Å². The van der Waals surface area contributed by atoms with Crippen molar-refractivity contribution in [3.63, 3.8) is 0 Å². The molecule has 0 bridgehead atoms. The van der Waals surface area contributed by atoms with Gasteiger partial charge in [-0.2, -0.15) is 0 Å². The molecule has 0 spiro atoms. The molecular formula is C27H24N2O4. The Morgan fingerprint density at radius 2 is 1.79 bits per heavy atom. The van der Waals surface area contributed by atoms with E-state index in [0.717, 1.165) is 22.4 Å². The van der Waals surface area contributed by atoms with Gasteiger partial charge in [0.25, 0.3) is 17.7 Å². The number of aryl methyl sites for hydroxylation is 1. The first-order valence-corrected chi connectivity index (χ1v) is 11.1. The molecule has 3 aromatic rings. The van der Waals surface area contributed by atoms with Gasteiger partial charge >= 0.3 is 0 Å². The number of amides is 3. The number of nitrogens with zero attached hydrogens (tertiary/aromatic N) is 1. The number of hydrogen-bond acceptors (Lipinski definition) is 4. The minimum atomic E-state index is -0.354. The molecular weight excluding hydrogens is 416 g/mol. The molecule has 0 aromatic heterocycles. The number of fused-ring (bicyclic) bond motifs is 2. The van der Waals surface area contributed by atoms with Crippen LogP contribution < -0.4 is 10.1 Å². The molecule has 2 aliphatic rings. The highest BCUT2D eigenvalue weighted by Crippen LogP contribution is 2.33. The van der Waals surface area contributed by atoms with Crippen molar-refractivity contribution < 1.29 is 19.1 Å². The lowest BCUT2D eigenvalue weighted by atomic mass is 9.98. The van der Waals surface area contributed by atoms with E-state index in [9.17, 15) is 14.4 Å². The van der Waals surface area contributed by atoms with Crippen molar-refractivity contribution in [3.05, 3.63) is 100 Å². The summed E-state index contributed by atoms with van der Waals surface area (Å²) in [5.74, 6) is -0.166. The summed E-state index contributed by atoms with van der Waals surface area (Å²) < 4.78 is 5.71. The van der Waals surface area contributed by atoms with Crippen molar-refractivity contribution in [2.24, 2.45) is 0 Å². The smallest absolute Gasteiger partial charge is 0.261 e. The molecule has 33 heavy (non-hydrogen) atoms. The van der Waals surface area contributed by atoms with Crippen molar-refractivity contribution in [3.8, 4) is 5.75 Å². The van der Waals surface area contributed by atoms with Gasteiger partial charge in [-0.15, -0.1) is 0 Å². The van der Waals surface area contributed by atoms with E-state index in [0.29, 0.717) is 37.1 Å². The molecule has 6 heteroatoms. The van der Waals surface area contributed by atoms with Gasteiger partial charge in [-0.25, -0.2) is 0 Å². The second-order valence-electron chi connectivity index (χ2n) is 8.46. The standard InChI is InChI=1S/C27H24N2O4/c1-17-7-10-24-22(15-17)23(12-14-33-24)28-25(30)19-8-9-20-21(16-19)27(32)29(26(20)31)13-11-18-5-3-2-4-6-18/h2-10,15-16,23H,11-14H2,1H3,(H,28,30). The fourth-order valence-corrected chi connectivity index (χ4v) is 4.43. The first kappa shape index (κ1) is 20.9. The molecule has 166 valence electrons. The summed E-state index contributed by atoms with van der Waals surface area (Å²) in [5, 5.41) is 3.06. The van der Waals surface area contributed by atoms with E-state index in [-0.39, 0.29) is 29.3 Å². The lowest BCUT2D eigenvalue weighted by Crippen LogP contribution is -2.32. The maximum Gasteiger partial charge on any atom is 0.261 e. The monoisotopic (exact) mass is 440 g/mol. The molecule has 3 aromatic carbocycles. The average Bonchev–Trinajstić information content (AvgIpc) is 3.07. The van der Waals surface area contributed by atoms with Gasteiger partial charge in [0.1, 0.15) is 5.75 Å². The second kappa shape index (κ2) is 8.54. The number of nitrogens with one attached hydrogen (secondary N) is 1. The Hall–Kier alpha value is -3.93. The number of imide groups is 1. The van der Waals surface area contributed by atoms with Gasteiger partial charge < -0.3 is 10.1 Å². The second-order valence-corrected chi connectivity index (χ2v) is 8.46. The van der Waals surface area contributed by atoms with Crippen molar-refractivity contribution >= 4 is 17.7 Å². The lowest BCUT2D eigenvalue weighted by Gasteiger charge is -2.27. The fraction of sp³-hybridized carbons (Fsp3) is 0.222. The molecule has 1 unspecified atom stereocenters. The number of ether oxygens (including phenoxy) is 1. The minimum Gasteiger partial charge on any atom is -0.493 e. The van der Waals surface area contributed by atoms with Gasteiger partial charge in [-0.1, -0.05) is 48.0 Å². The maximum absolute atomic E-state index is 13.0. The van der Waals surface area contributed by atoms with E-state index >= 15 is 0 Å². The van der Waals surface area contributed by atoms with Crippen LogP contribution in [-0.2, 0) is 6.42 Å². The van der Waals surface area contributed by atoms with Crippen LogP contribution in [0.2, 0.25) is 0 Å². The Bertz CT molecular complexity index is 1250. The van der Waals surface area contributed by atoms with E-state index < -0.39 is 0 Å². The van der Waals surface area contributed by atoms with Crippen molar-refractivity contribution in [1.82, 2.24) is 10.2 Å². The van der Waals surface area contributed by atoms with Crippen molar-refractivity contribution in [2.45, 2.75) is 25.8 Å². The van der Waals surface area contributed by atoms with Gasteiger partial charge in [0, 0.05) is 24.1 Å². The first-order chi connectivity index (χ1) is 16.0. The molecule has 5 rings (SSSR count). The normalized spacial score (nSPS) is 16.8. The zero-order valence-electron chi connectivity index (χ0n) is 18.3. The van der Waals surface area contributed by atoms with E-state index in [1.54, 1.807) is 12.1 Å². The zero-order valence-corrected chi connectivity index (χ0v) is 18.3. The van der Waals surface area contributed by atoms with E-state index in [4.69, 9.17) is 4.74 Å². The van der Waals surface area contributed by atoms with Gasteiger partial charge in [-0.3, -0.25) is 19.3 Å². The third-order valence-corrected chi connectivity index (χ3v) is 6.21. The Labute approximate surface area is 192 Å². The molecule has 0 saturated heterocycles. The average molecular weight is 440 g/mol. The molecule has 0 aliphatic carbocycles. The summed E-state index contributed by atoms with van der Waals surface area (Å²) in [4.78, 5) is 40.0. The number of carbonyl (C=O) groups is 3. The Morgan fingerprint density at radius 1 is 1.00 bits per heavy atom. The summed E-state index contributed by atoms with van der Waals surface area (Å²) in [6.45, 7) is 2.82. The molecule has 1 N–H and O–H groups in total. The van der Waals surface area contributed by atoms with Crippen LogP contribution in [0.15, 0.2) is 66.7 Å². The van der Waals surface area contributed by atoms with Crippen LogP contribution in [0.25, 0.3) is 0 Å². The Morgan fingerprint density at radius 3 is 2.61 bits per heavy atom. The van der Waals surface area contributed by atoms with Crippen LogP contribution in [0, 0.1) is 6.92 Å². The number of benzene rings is 3. The van der Waals surface area contributed by atoms with Crippen LogP contribution in [-0.4, -0.2) is 35.8 Å². The summed E-state index contributed by atoms with van der Waals surface area (Å²) in [5.41, 5.74) is 4.09. The molecule has 2 aliphatic heterocycles. The Balaban J connectivity index is 1.32. The van der Waals surface area contributed by atoms with Gasteiger partial charge in [0.2, 0.25) is 0 Å². The van der Waals surface area contributed by atoms with Crippen LogP contribution in [0.3, 0.4) is 0 Å². The van der Waals surface area contributed by atoms with E-state index in [1.807, 2.05) is 55.5 Å². The first-order valence-electron chi connectivity index (χ1n) is 11.1. The minimum absolute atomic E-state index is 0.172. The summed E-state index contributed by atoms with van der Waals surface area (Å²) in [6, 6.07) is 20.2. The predicted molar refractivity (Wildman–Crippen MR) is 123 cm³/mol.